The number of aliphatic hydroxyl groups is 1. The van der Waals surface area contributed by atoms with Gasteiger partial charge in [0.25, 0.3) is 0 Å². The largest absolute Gasteiger partial charge is 0.425 e. The van der Waals surface area contributed by atoms with Crippen LogP contribution in [0.2, 0.25) is 5.02 Å². The number of halogens is 4. The molecule has 0 aromatic heterocycles. The van der Waals surface area contributed by atoms with Crippen LogP contribution >= 0.6 is 11.6 Å². The molecule has 0 radical (unpaired) electrons. The van der Waals surface area contributed by atoms with Crippen molar-refractivity contribution in [3.63, 3.8) is 0 Å². The van der Waals surface area contributed by atoms with Crippen LogP contribution in [-0.4, -0.2) is 25.4 Å². The lowest BCUT2D eigenvalue weighted by Gasteiger charge is -2.32. The van der Waals surface area contributed by atoms with Crippen LogP contribution in [0.3, 0.4) is 0 Å². The molecule has 0 aliphatic heterocycles. The number of hydrogen-bond acceptors (Lipinski definition) is 2. The SMILES string of the molecule is CN(C)c1ccc(C(O)(c2cccc(Cl)c2)C(F)(F)F)cc1. The molecule has 22 heavy (non-hydrogen) atoms. The lowest BCUT2D eigenvalue weighted by molar-refractivity contribution is -0.248. The molecule has 1 unspecified atom stereocenters. The maximum absolute atomic E-state index is 13.6. The summed E-state index contributed by atoms with van der Waals surface area (Å²) in [5.74, 6) is 0. The third-order valence-electron chi connectivity index (χ3n) is 3.45. The van der Waals surface area contributed by atoms with E-state index in [9.17, 15) is 18.3 Å². The van der Waals surface area contributed by atoms with Crippen molar-refractivity contribution in [3.8, 4) is 0 Å². The van der Waals surface area contributed by atoms with E-state index in [0.29, 0.717) is 0 Å². The first-order chi connectivity index (χ1) is 10.2. The van der Waals surface area contributed by atoms with Gasteiger partial charge in [0.05, 0.1) is 0 Å². The molecule has 2 nitrogen and oxygen atoms in total. The predicted octanol–water partition coefficient (Wildman–Crippen LogP) is 4.20. The summed E-state index contributed by atoms with van der Waals surface area (Å²) in [5, 5.41) is 10.6. The first-order valence-corrected chi connectivity index (χ1v) is 6.87. The zero-order chi connectivity index (χ0) is 16.5. The van der Waals surface area contributed by atoms with Crippen molar-refractivity contribution in [3.05, 3.63) is 64.7 Å². The molecule has 0 heterocycles. The lowest BCUT2D eigenvalue weighted by atomic mass is 9.85. The van der Waals surface area contributed by atoms with Crippen LogP contribution < -0.4 is 4.90 Å². The summed E-state index contributed by atoms with van der Waals surface area (Å²) in [6.07, 6.45) is -4.88. The summed E-state index contributed by atoms with van der Waals surface area (Å²) in [6.45, 7) is 0. The molecule has 0 aliphatic carbocycles. The smallest absolute Gasteiger partial charge is 0.378 e. The molecular weight excluding hydrogens is 315 g/mol. The van der Waals surface area contributed by atoms with Crippen molar-refractivity contribution >= 4 is 17.3 Å². The molecule has 0 spiro atoms. The normalized spacial score (nSPS) is 14.5. The molecule has 2 aromatic rings. The topological polar surface area (TPSA) is 23.5 Å². The highest BCUT2D eigenvalue weighted by Gasteiger charge is 2.56. The Bertz CT molecular complexity index is 655. The van der Waals surface area contributed by atoms with Crippen LogP contribution in [0, 0.1) is 0 Å². The number of rotatable bonds is 3. The summed E-state index contributed by atoms with van der Waals surface area (Å²) >= 11 is 5.77. The van der Waals surface area contributed by atoms with Crippen molar-refractivity contribution < 1.29 is 18.3 Å². The van der Waals surface area contributed by atoms with E-state index in [1.165, 1.54) is 42.5 Å². The van der Waals surface area contributed by atoms with Gasteiger partial charge in [-0.2, -0.15) is 13.2 Å². The molecule has 6 heteroatoms. The summed E-state index contributed by atoms with van der Waals surface area (Å²) in [4.78, 5) is 1.76. The molecule has 1 N–H and O–H groups in total. The van der Waals surface area contributed by atoms with E-state index in [1.54, 1.807) is 19.0 Å². The first kappa shape index (κ1) is 16.6. The summed E-state index contributed by atoms with van der Waals surface area (Å²) in [7, 11) is 3.56. The zero-order valence-corrected chi connectivity index (χ0v) is 12.8. The average molecular weight is 330 g/mol. The molecule has 0 saturated heterocycles. The Morgan fingerprint density at radius 2 is 1.55 bits per heavy atom. The van der Waals surface area contributed by atoms with E-state index in [1.807, 2.05) is 0 Å². The Morgan fingerprint density at radius 1 is 0.955 bits per heavy atom. The quantitative estimate of drug-likeness (QED) is 0.912. The molecule has 0 fully saturated rings. The van der Waals surface area contributed by atoms with Gasteiger partial charge < -0.3 is 10.0 Å². The number of anilines is 1. The van der Waals surface area contributed by atoms with E-state index in [0.717, 1.165) is 11.8 Å². The molecule has 0 saturated carbocycles. The summed E-state index contributed by atoms with van der Waals surface area (Å²) < 4.78 is 40.7. The average Bonchev–Trinajstić information content (AvgIpc) is 2.45. The van der Waals surface area contributed by atoms with Gasteiger partial charge in [0, 0.05) is 24.8 Å². The maximum atomic E-state index is 13.6. The van der Waals surface area contributed by atoms with Gasteiger partial charge in [0.2, 0.25) is 5.60 Å². The Morgan fingerprint density at radius 3 is 2.00 bits per heavy atom. The Labute approximate surface area is 131 Å². The molecule has 2 aromatic carbocycles. The molecule has 1 atom stereocenters. The Balaban J connectivity index is 2.60. The number of hydrogen-bond donors (Lipinski definition) is 1. The van der Waals surface area contributed by atoms with Gasteiger partial charge in [-0.15, -0.1) is 0 Å². The van der Waals surface area contributed by atoms with Gasteiger partial charge in [0.1, 0.15) is 0 Å². The number of benzene rings is 2. The third-order valence-corrected chi connectivity index (χ3v) is 3.69. The van der Waals surface area contributed by atoms with Gasteiger partial charge in [-0.1, -0.05) is 35.9 Å². The molecule has 0 aliphatic rings. The third kappa shape index (κ3) is 2.91. The minimum absolute atomic E-state index is 0.130. The summed E-state index contributed by atoms with van der Waals surface area (Å²) in [6, 6.07) is 10.7. The molecule has 2 rings (SSSR count). The molecule has 0 amide bonds. The monoisotopic (exact) mass is 329 g/mol. The van der Waals surface area contributed by atoms with Crippen LogP contribution in [0.5, 0.6) is 0 Å². The number of alkyl halides is 3. The molecular formula is C16H15ClF3NO. The molecule has 0 bridgehead atoms. The van der Waals surface area contributed by atoms with Crippen molar-refractivity contribution in [2.75, 3.05) is 19.0 Å². The second kappa shape index (κ2) is 5.82. The van der Waals surface area contributed by atoms with E-state index in [2.05, 4.69) is 0 Å². The van der Waals surface area contributed by atoms with Crippen molar-refractivity contribution in [2.45, 2.75) is 11.8 Å². The minimum Gasteiger partial charge on any atom is -0.378 e. The van der Waals surface area contributed by atoms with Gasteiger partial charge in [-0.05, 0) is 35.4 Å². The van der Waals surface area contributed by atoms with Crippen LogP contribution in [0.15, 0.2) is 48.5 Å². The second-order valence-corrected chi connectivity index (χ2v) is 5.60. The van der Waals surface area contributed by atoms with Gasteiger partial charge in [-0.25, -0.2) is 0 Å². The van der Waals surface area contributed by atoms with E-state index in [-0.39, 0.29) is 16.1 Å². The van der Waals surface area contributed by atoms with E-state index in [4.69, 9.17) is 11.6 Å². The fraction of sp³-hybridized carbons (Fsp3) is 0.250. The van der Waals surface area contributed by atoms with Crippen LogP contribution in [0.4, 0.5) is 18.9 Å². The second-order valence-electron chi connectivity index (χ2n) is 5.16. The molecule has 118 valence electrons. The zero-order valence-electron chi connectivity index (χ0n) is 12.0. The summed E-state index contributed by atoms with van der Waals surface area (Å²) in [5.41, 5.74) is -2.94. The Hall–Kier alpha value is -1.72. The lowest BCUT2D eigenvalue weighted by Crippen LogP contribution is -2.43. The highest BCUT2D eigenvalue weighted by Crippen LogP contribution is 2.44. The van der Waals surface area contributed by atoms with Crippen LogP contribution in [0.25, 0.3) is 0 Å². The van der Waals surface area contributed by atoms with Crippen molar-refractivity contribution in [2.24, 2.45) is 0 Å². The van der Waals surface area contributed by atoms with Crippen LogP contribution in [-0.2, 0) is 5.60 Å². The van der Waals surface area contributed by atoms with Crippen molar-refractivity contribution in [1.29, 1.82) is 0 Å². The standard InChI is InChI=1S/C16H15ClF3NO/c1-21(2)14-8-6-11(7-9-14)15(22,16(18,19)20)12-4-3-5-13(17)10-12/h3-10,22H,1-2H3. The first-order valence-electron chi connectivity index (χ1n) is 6.49. The minimum atomic E-state index is -4.88. The van der Waals surface area contributed by atoms with Crippen LogP contribution in [0.1, 0.15) is 11.1 Å². The Kier molecular flexibility index (Phi) is 4.40. The van der Waals surface area contributed by atoms with Gasteiger partial charge >= 0.3 is 6.18 Å². The predicted molar refractivity (Wildman–Crippen MR) is 81.3 cm³/mol. The fourth-order valence-corrected chi connectivity index (χ4v) is 2.40. The maximum Gasteiger partial charge on any atom is 0.425 e. The highest BCUT2D eigenvalue weighted by atomic mass is 35.5. The van der Waals surface area contributed by atoms with Gasteiger partial charge in [0.15, 0.2) is 0 Å². The van der Waals surface area contributed by atoms with E-state index >= 15 is 0 Å². The number of nitrogens with zero attached hydrogens (tertiary/aromatic N) is 1. The van der Waals surface area contributed by atoms with E-state index < -0.39 is 11.8 Å². The highest BCUT2D eigenvalue weighted by molar-refractivity contribution is 6.30. The van der Waals surface area contributed by atoms with Crippen molar-refractivity contribution in [1.82, 2.24) is 0 Å². The van der Waals surface area contributed by atoms with Gasteiger partial charge in [-0.3, -0.25) is 0 Å². The fourth-order valence-electron chi connectivity index (χ4n) is 2.21.